The Balaban J connectivity index is 2.10. The van der Waals surface area contributed by atoms with E-state index in [1.807, 2.05) is 12.4 Å². The van der Waals surface area contributed by atoms with Crippen LogP contribution in [-0.4, -0.2) is 35.1 Å². The van der Waals surface area contributed by atoms with Crippen molar-refractivity contribution in [2.24, 2.45) is 0 Å². The minimum Gasteiger partial charge on any atom is -0.310 e. The van der Waals surface area contributed by atoms with Crippen molar-refractivity contribution in [2.45, 2.75) is 38.8 Å². The lowest BCUT2D eigenvalue weighted by molar-refractivity contribution is 0.180. The molecule has 0 saturated carbocycles. The van der Waals surface area contributed by atoms with E-state index in [0.717, 1.165) is 13.1 Å². The molecule has 0 aromatic carbocycles. The molecule has 1 unspecified atom stereocenters. The Hall–Kier alpha value is -0.930. The van der Waals surface area contributed by atoms with Gasteiger partial charge >= 0.3 is 0 Å². The molecule has 17 heavy (non-hydrogen) atoms. The second-order valence-corrected chi connectivity index (χ2v) is 5.59. The molecule has 1 N–H and O–H groups in total. The van der Waals surface area contributed by atoms with E-state index in [2.05, 4.69) is 48.1 Å². The Morgan fingerprint density at radius 1 is 1.35 bits per heavy atom. The van der Waals surface area contributed by atoms with Crippen molar-refractivity contribution in [1.82, 2.24) is 15.2 Å². The predicted octanol–water partition coefficient (Wildman–Crippen LogP) is 2.22. The van der Waals surface area contributed by atoms with Gasteiger partial charge in [-0.1, -0.05) is 0 Å². The molecular weight excluding hydrogens is 210 g/mol. The number of nitrogens with one attached hydrogen (secondary N) is 1. The maximum atomic E-state index is 4.09. The molecule has 3 nitrogen and oxygen atoms in total. The number of hydrogen-bond donors (Lipinski definition) is 1. The molecule has 1 aromatic heterocycles. The minimum absolute atomic E-state index is 0.206. The van der Waals surface area contributed by atoms with E-state index in [4.69, 9.17) is 0 Å². The lowest BCUT2D eigenvalue weighted by atomic mass is 10.0. The zero-order valence-corrected chi connectivity index (χ0v) is 11.1. The van der Waals surface area contributed by atoms with Gasteiger partial charge in [0.25, 0.3) is 0 Å². The highest BCUT2D eigenvalue weighted by atomic mass is 15.2. The standard InChI is InChI=1S/C14H23N3/c1-12(13-5-8-15-9-6-13)17-10-4-7-16-14(2,3)11-17/h5-6,8-9,12,16H,4,7,10-11H2,1-3H3. The Labute approximate surface area is 104 Å². The zero-order valence-electron chi connectivity index (χ0n) is 11.1. The van der Waals surface area contributed by atoms with Crippen LogP contribution in [0.3, 0.4) is 0 Å². The van der Waals surface area contributed by atoms with Gasteiger partial charge in [-0.05, 0) is 51.4 Å². The van der Waals surface area contributed by atoms with Gasteiger partial charge in [-0.15, -0.1) is 0 Å². The van der Waals surface area contributed by atoms with Gasteiger partial charge in [-0.25, -0.2) is 0 Å². The van der Waals surface area contributed by atoms with E-state index in [1.54, 1.807) is 0 Å². The van der Waals surface area contributed by atoms with Crippen LogP contribution in [0.4, 0.5) is 0 Å². The molecule has 0 bridgehead atoms. The van der Waals surface area contributed by atoms with E-state index in [0.29, 0.717) is 6.04 Å². The quantitative estimate of drug-likeness (QED) is 0.849. The van der Waals surface area contributed by atoms with Crippen molar-refractivity contribution >= 4 is 0 Å². The second kappa shape index (κ2) is 5.15. The summed E-state index contributed by atoms with van der Waals surface area (Å²) < 4.78 is 0. The Kier molecular flexibility index (Phi) is 3.79. The molecule has 1 saturated heterocycles. The molecule has 1 fully saturated rings. The fourth-order valence-corrected chi connectivity index (χ4v) is 2.53. The Morgan fingerprint density at radius 2 is 2.06 bits per heavy atom. The maximum absolute atomic E-state index is 4.09. The largest absolute Gasteiger partial charge is 0.310 e. The molecular formula is C14H23N3. The second-order valence-electron chi connectivity index (χ2n) is 5.59. The first-order chi connectivity index (χ1) is 8.08. The lowest BCUT2D eigenvalue weighted by Gasteiger charge is -2.34. The monoisotopic (exact) mass is 233 g/mol. The summed E-state index contributed by atoms with van der Waals surface area (Å²) in [4.78, 5) is 6.65. The van der Waals surface area contributed by atoms with Gasteiger partial charge in [-0.3, -0.25) is 9.88 Å². The smallest absolute Gasteiger partial charge is 0.0321 e. The van der Waals surface area contributed by atoms with Crippen molar-refractivity contribution in [3.8, 4) is 0 Å². The number of aromatic nitrogens is 1. The van der Waals surface area contributed by atoms with Gasteiger partial charge in [0, 0.05) is 37.1 Å². The lowest BCUT2D eigenvalue weighted by Crippen LogP contribution is -2.46. The Bertz CT molecular complexity index is 348. The maximum Gasteiger partial charge on any atom is 0.0321 e. The third-order valence-electron chi connectivity index (χ3n) is 3.56. The molecule has 0 aliphatic carbocycles. The molecule has 1 aliphatic heterocycles. The van der Waals surface area contributed by atoms with Crippen LogP contribution in [0.25, 0.3) is 0 Å². The van der Waals surface area contributed by atoms with Gasteiger partial charge in [-0.2, -0.15) is 0 Å². The van der Waals surface area contributed by atoms with Crippen molar-refractivity contribution < 1.29 is 0 Å². The average Bonchev–Trinajstić information content (AvgIpc) is 2.50. The topological polar surface area (TPSA) is 28.2 Å². The van der Waals surface area contributed by atoms with Gasteiger partial charge in [0.15, 0.2) is 0 Å². The summed E-state index contributed by atoms with van der Waals surface area (Å²) in [6.45, 7) is 10.2. The summed E-state index contributed by atoms with van der Waals surface area (Å²) in [5.41, 5.74) is 1.57. The van der Waals surface area contributed by atoms with Crippen LogP contribution in [0.15, 0.2) is 24.5 Å². The summed E-state index contributed by atoms with van der Waals surface area (Å²) in [6, 6.07) is 4.71. The van der Waals surface area contributed by atoms with Crippen molar-refractivity contribution in [3.63, 3.8) is 0 Å². The number of rotatable bonds is 2. The van der Waals surface area contributed by atoms with Gasteiger partial charge < -0.3 is 5.32 Å². The molecule has 0 spiro atoms. The molecule has 1 atom stereocenters. The van der Waals surface area contributed by atoms with Crippen LogP contribution in [0.5, 0.6) is 0 Å². The van der Waals surface area contributed by atoms with Crippen LogP contribution >= 0.6 is 0 Å². The van der Waals surface area contributed by atoms with Crippen LogP contribution < -0.4 is 5.32 Å². The van der Waals surface area contributed by atoms with E-state index in [9.17, 15) is 0 Å². The summed E-state index contributed by atoms with van der Waals surface area (Å²) in [5.74, 6) is 0. The highest BCUT2D eigenvalue weighted by Gasteiger charge is 2.27. The summed E-state index contributed by atoms with van der Waals surface area (Å²) in [5, 5.41) is 3.60. The SMILES string of the molecule is CC(c1ccncc1)N1CCCNC(C)(C)C1. The fraction of sp³-hybridized carbons (Fsp3) is 0.643. The number of nitrogens with zero attached hydrogens (tertiary/aromatic N) is 2. The molecule has 2 rings (SSSR count). The van der Waals surface area contributed by atoms with Crippen LogP contribution in [0, 0.1) is 0 Å². The predicted molar refractivity (Wildman–Crippen MR) is 70.9 cm³/mol. The molecule has 94 valence electrons. The molecule has 0 amide bonds. The first-order valence-electron chi connectivity index (χ1n) is 6.47. The minimum atomic E-state index is 0.206. The molecule has 3 heteroatoms. The third kappa shape index (κ3) is 3.27. The van der Waals surface area contributed by atoms with Crippen molar-refractivity contribution in [2.75, 3.05) is 19.6 Å². The molecule has 0 radical (unpaired) electrons. The van der Waals surface area contributed by atoms with Crippen molar-refractivity contribution in [3.05, 3.63) is 30.1 Å². The van der Waals surface area contributed by atoms with E-state index in [-0.39, 0.29) is 5.54 Å². The van der Waals surface area contributed by atoms with Gasteiger partial charge in [0.05, 0.1) is 0 Å². The number of hydrogen-bond acceptors (Lipinski definition) is 3. The highest BCUT2D eigenvalue weighted by Crippen LogP contribution is 2.23. The normalized spacial score (nSPS) is 23.0. The molecule has 1 aliphatic rings. The van der Waals surface area contributed by atoms with Gasteiger partial charge in [0.1, 0.15) is 0 Å². The van der Waals surface area contributed by atoms with Crippen LogP contribution in [-0.2, 0) is 0 Å². The van der Waals surface area contributed by atoms with E-state index >= 15 is 0 Å². The molecule has 2 heterocycles. The summed E-state index contributed by atoms with van der Waals surface area (Å²) in [6.07, 6.45) is 4.99. The average molecular weight is 233 g/mol. The summed E-state index contributed by atoms with van der Waals surface area (Å²) >= 11 is 0. The third-order valence-corrected chi connectivity index (χ3v) is 3.56. The molecule has 1 aromatic rings. The zero-order chi connectivity index (χ0) is 12.3. The fourth-order valence-electron chi connectivity index (χ4n) is 2.53. The van der Waals surface area contributed by atoms with Crippen LogP contribution in [0.1, 0.15) is 38.8 Å². The Morgan fingerprint density at radius 3 is 2.76 bits per heavy atom. The van der Waals surface area contributed by atoms with Crippen molar-refractivity contribution in [1.29, 1.82) is 0 Å². The highest BCUT2D eigenvalue weighted by molar-refractivity contribution is 5.14. The first-order valence-corrected chi connectivity index (χ1v) is 6.47. The summed E-state index contributed by atoms with van der Waals surface area (Å²) in [7, 11) is 0. The number of pyridine rings is 1. The van der Waals surface area contributed by atoms with E-state index < -0.39 is 0 Å². The van der Waals surface area contributed by atoms with Gasteiger partial charge in [0.2, 0.25) is 0 Å². The van der Waals surface area contributed by atoms with Crippen LogP contribution in [0.2, 0.25) is 0 Å². The van der Waals surface area contributed by atoms with E-state index in [1.165, 1.54) is 18.5 Å². The first kappa shape index (κ1) is 12.5.